The average Bonchev–Trinajstić information content (AvgIpc) is 3.17. The van der Waals surface area contributed by atoms with E-state index >= 15 is 0 Å². The molecule has 10 heteroatoms. The van der Waals surface area contributed by atoms with Crippen molar-refractivity contribution in [3.8, 4) is 11.5 Å². The molecule has 0 spiro atoms. The Hall–Kier alpha value is -3.56. The summed E-state index contributed by atoms with van der Waals surface area (Å²) in [7, 11) is 0. The standard InChI is InChI=1S/C18H15F3N4O3/c19-18(20,21)12-3-1-4-13(11-12)23-17(27)22-8-9-25-16(26)7-6-14(24-25)15-5-2-10-28-15/h1-7,10-11H,8-9H2,(H2,22,23,27). The molecule has 28 heavy (non-hydrogen) atoms. The Balaban J connectivity index is 1.58. The van der Waals surface area contributed by atoms with Gasteiger partial charge in [-0.1, -0.05) is 6.07 Å². The first kappa shape index (κ1) is 19.2. The summed E-state index contributed by atoms with van der Waals surface area (Å²) in [5, 5.41) is 8.93. The molecule has 7 nitrogen and oxygen atoms in total. The normalized spacial score (nSPS) is 11.2. The Morgan fingerprint density at radius 1 is 1.14 bits per heavy atom. The van der Waals surface area contributed by atoms with Gasteiger partial charge in [0.1, 0.15) is 5.69 Å². The van der Waals surface area contributed by atoms with Crippen LogP contribution in [0.15, 0.2) is 64.0 Å². The lowest BCUT2D eigenvalue weighted by Gasteiger charge is -2.11. The second kappa shape index (κ2) is 7.99. The minimum absolute atomic E-state index is 0.00225. The number of amides is 2. The van der Waals surface area contributed by atoms with E-state index in [4.69, 9.17) is 4.42 Å². The number of furan rings is 1. The summed E-state index contributed by atoms with van der Waals surface area (Å²) in [6.07, 6.45) is -3.02. The molecule has 3 aromatic rings. The van der Waals surface area contributed by atoms with Crippen LogP contribution in [0.25, 0.3) is 11.5 Å². The van der Waals surface area contributed by atoms with Crippen molar-refractivity contribution >= 4 is 11.7 Å². The average molecular weight is 392 g/mol. The van der Waals surface area contributed by atoms with Crippen LogP contribution >= 0.6 is 0 Å². The van der Waals surface area contributed by atoms with E-state index in [1.165, 1.54) is 30.5 Å². The maximum atomic E-state index is 12.7. The molecule has 0 saturated heterocycles. The second-order valence-electron chi connectivity index (χ2n) is 5.72. The third kappa shape index (κ3) is 4.78. The number of alkyl halides is 3. The fourth-order valence-corrected chi connectivity index (χ4v) is 2.39. The molecule has 2 N–H and O–H groups in total. The van der Waals surface area contributed by atoms with E-state index in [0.29, 0.717) is 11.5 Å². The Kier molecular flexibility index (Phi) is 5.48. The van der Waals surface area contributed by atoms with E-state index in [2.05, 4.69) is 15.7 Å². The van der Waals surface area contributed by atoms with Gasteiger partial charge in [0.25, 0.3) is 5.56 Å². The molecule has 0 unspecified atom stereocenters. The third-order valence-corrected chi connectivity index (χ3v) is 3.70. The molecule has 0 aliphatic rings. The van der Waals surface area contributed by atoms with Crippen LogP contribution in [0.4, 0.5) is 23.7 Å². The predicted molar refractivity (Wildman–Crippen MR) is 94.7 cm³/mol. The number of carbonyl (C=O) groups excluding carboxylic acids is 1. The zero-order valence-corrected chi connectivity index (χ0v) is 14.4. The molecular formula is C18H15F3N4O3. The van der Waals surface area contributed by atoms with Crippen LogP contribution in [-0.2, 0) is 12.7 Å². The summed E-state index contributed by atoms with van der Waals surface area (Å²) < 4.78 is 44.5. The molecule has 0 fully saturated rings. The summed E-state index contributed by atoms with van der Waals surface area (Å²) in [5.74, 6) is 0.490. The lowest BCUT2D eigenvalue weighted by atomic mass is 10.2. The van der Waals surface area contributed by atoms with Gasteiger partial charge in [0.05, 0.1) is 18.4 Å². The molecule has 0 atom stereocenters. The van der Waals surface area contributed by atoms with Crippen molar-refractivity contribution in [2.75, 3.05) is 11.9 Å². The largest absolute Gasteiger partial charge is 0.463 e. The van der Waals surface area contributed by atoms with Crippen LogP contribution in [0.3, 0.4) is 0 Å². The van der Waals surface area contributed by atoms with Gasteiger partial charge >= 0.3 is 12.2 Å². The second-order valence-corrected chi connectivity index (χ2v) is 5.72. The van der Waals surface area contributed by atoms with Gasteiger partial charge in [-0.2, -0.15) is 18.3 Å². The van der Waals surface area contributed by atoms with Gasteiger partial charge in [-0.05, 0) is 36.4 Å². The number of anilines is 1. The first-order valence-electron chi connectivity index (χ1n) is 8.17. The summed E-state index contributed by atoms with van der Waals surface area (Å²) in [4.78, 5) is 23.8. The van der Waals surface area contributed by atoms with Gasteiger partial charge in [-0.25, -0.2) is 9.48 Å². The van der Waals surface area contributed by atoms with E-state index in [9.17, 15) is 22.8 Å². The molecule has 2 aromatic heterocycles. The maximum absolute atomic E-state index is 12.7. The lowest BCUT2D eigenvalue weighted by molar-refractivity contribution is -0.137. The van der Waals surface area contributed by atoms with Crippen LogP contribution in [-0.4, -0.2) is 22.4 Å². The molecule has 2 heterocycles. The van der Waals surface area contributed by atoms with Crippen molar-refractivity contribution in [1.82, 2.24) is 15.1 Å². The number of benzene rings is 1. The molecule has 0 radical (unpaired) electrons. The Morgan fingerprint density at radius 2 is 1.96 bits per heavy atom. The molecule has 0 bridgehead atoms. The van der Waals surface area contributed by atoms with Gasteiger partial charge in [0.15, 0.2) is 5.76 Å². The smallest absolute Gasteiger partial charge is 0.416 e. The number of urea groups is 1. The number of rotatable bonds is 5. The number of hydrogen-bond acceptors (Lipinski definition) is 4. The molecule has 0 aliphatic heterocycles. The molecule has 0 aliphatic carbocycles. The number of hydrogen-bond donors (Lipinski definition) is 2. The van der Waals surface area contributed by atoms with E-state index in [0.717, 1.165) is 16.8 Å². The molecule has 1 aromatic carbocycles. The highest BCUT2D eigenvalue weighted by atomic mass is 19.4. The van der Waals surface area contributed by atoms with Crippen LogP contribution in [0.5, 0.6) is 0 Å². The zero-order chi connectivity index (χ0) is 20.1. The van der Waals surface area contributed by atoms with Crippen molar-refractivity contribution in [3.05, 3.63) is 70.7 Å². The first-order valence-corrected chi connectivity index (χ1v) is 8.17. The van der Waals surface area contributed by atoms with Crippen molar-refractivity contribution in [1.29, 1.82) is 0 Å². The van der Waals surface area contributed by atoms with Crippen molar-refractivity contribution < 1.29 is 22.4 Å². The fourth-order valence-electron chi connectivity index (χ4n) is 2.39. The molecule has 146 valence electrons. The molecule has 2 amide bonds. The summed E-state index contributed by atoms with van der Waals surface area (Å²) in [6.45, 7) is 0.114. The fraction of sp³-hybridized carbons (Fsp3) is 0.167. The number of nitrogens with zero attached hydrogens (tertiary/aromatic N) is 2. The minimum Gasteiger partial charge on any atom is -0.463 e. The van der Waals surface area contributed by atoms with Crippen LogP contribution in [0.1, 0.15) is 5.56 Å². The van der Waals surface area contributed by atoms with E-state index in [1.807, 2.05) is 0 Å². The van der Waals surface area contributed by atoms with Crippen molar-refractivity contribution in [3.63, 3.8) is 0 Å². The number of aromatic nitrogens is 2. The summed E-state index contributed by atoms with van der Waals surface area (Å²) in [6, 6.07) is 9.80. The predicted octanol–water partition coefficient (Wildman–Crippen LogP) is 3.34. The van der Waals surface area contributed by atoms with Crippen molar-refractivity contribution in [2.45, 2.75) is 12.7 Å². The van der Waals surface area contributed by atoms with Crippen molar-refractivity contribution in [2.24, 2.45) is 0 Å². The molecule has 3 rings (SSSR count). The van der Waals surface area contributed by atoms with Crippen LogP contribution < -0.4 is 16.2 Å². The Bertz CT molecular complexity index is 1010. The van der Waals surface area contributed by atoms with E-state index < -0.39 is 17.8 Å². The minimum atomic E-state index is -4.50. The molecule has 0 saturated carbocycles. The maximum Gasteiger partial charge on any atom is 0.416 e. The quantitative estimate of drug-likeness (QED) is 0.697. The Labute approximate surface area is 156 Å². The third-order valence-electron chi connectivity index (χ3n) is 3.70. The van der Waals surface area contributed by atoms with Crippen LogP contribution in [0, 0.1) is 0 Å². The monoisotopic (exact) mass is 392 g/mol. The number of carbonyl (C=O) groups is 1. The summed E-state index contributed by atoms with van der Waals surface area (Å²) in [5.41, 5.74) is -0.772. The van der Waals surface area contributed by atoms with Gasteiger partial charge in [0.2, 0.25) is 0 Å². The molecular weight excluding hydrogens is 377 g/mol. The highest BCUT2D eigenvalue weighted by Gasteiger charge is 2.30. The van der Waals surface area contributed by atoms with Gasteiger partial charge in [-0.15, -0.1) is 0 Å². The van der Waals surface area contributed by atoms with Gasteiger partial charge in [-0.3, -0.25) is 4.79 Å². The van der Waals surface area contributed by atoms with E-state index in [-0.39, 0.29) is 24.3 Å². The number of nitrogens with one attached hydrogen (secondary N) is 2. The van der Waals surface area contributed by atoms with Crippen LogP contribution in [0.2, 0.25) is 0 Å². The first-order chi connectivity index (χ1) is 13.3. The number of halogens is 3. The van der Waals surface area contributed by atoms with Gasteiger partial charge < -0.3 is 15.1 Å². The van der Waals surface area contributed by atoms with Gasteiger partial charge in [0, 0.05) is 18.3 Å². The highest BCUT2D eigenvalue weighted by molar-refractivity contribution is 5.89. The highest BCUT2D eigenvalue weighted by Crippen LogP contribution is 2.30. The SMILES string of the molecule is O=C(NCCn1nc(-c2ccco2)ccc1=O)Nc1cccc(C(F)(F)F)c1. The Morgan fingerprint density at radius 3 is 2.68 bits per heavy atom. The zero-order valence-electron chi connectivity index (χ0n) is 14.4. The lowest BCUT2D eigenvalue weighted by Crippen LogP contribution is -2.34. The van der Waals surface area contributed by atoms with E-state index in [1.54, 1.807) is 12.1 Å². The summed E-state index contributed by atoms with van der Waals surface area (Å²) >= 11 is 0. The topological polar surface area (TPSA) is 89.2 Å².